The SMILES string of the molecule is OC[C@@H](O)[C@H]1NC[C@H]1O. The molecule has 1 rings (SSSR count). The van der Waals surface area contributed by atoms with Gasteiger partial charge in [-0.25, -0.2) is 0 Å². The first-order chi connectivity index (χ1) is 4.25. The average Bonchev–Trinajstić information content (AvgIpc) is 1.84. The number of aliphatic hydroxyl groups is 3. The van der Waals surface area contributed by atoms with Gasteiger partial charge < -0.3 is 20.6 Å². The maximum absolute atomic E-state index is 8.88. The van der Waals surface area contributed by atoms with Crippen molar-refractivity contribution in [3.63, 3.8) is 0 Å². The van der Waals surface area contributed by atoms with Crippen molar-refractivity contribution < 1.29 is 15.3 Å². The molecule has 0 radical (unpaired) electrons. The molecule has 0 aromatic heterocycles. The van der Waals surface area contributed by atoms with Crippen molar-refractivity contribution in [3.05, 3.63) is 0 Å². The van der Waals surface area contributed by atoms with Gasteiger partial charge >= 0.3 is 0 Å². The molecule has 0 spiro atoms. The van der Waals surface area contributed by atoms with E-state index < -0.39 is 12.2 Å². The molecule has 0 saturated carbocycles. The smallest absolute Gasteiger partial charge is 0.0949 e. The van der Waals surface area contributed by atoms with Crippen molar-refractivity contribution in [2.24, 2.45) is 0 Å². The summed E-state index contributed by atoms with van der Waals surface area (Å²) in [6.07, 6.45) is -1.32. The molecule has 0 bridgehead atoms. The minimum absolute atomic E-state index is 0.297. The van der Waals surface area contributed by atoms with E-state index in [0.717, 1.165) is 0 Å². The van der Waals surface area contributed by atoms with Gasteiger partial charge in [0.25, 0.3) is 0 Å². The highest BCUT2D eigenvalue weighted by molar-refractivity contribution is 4.92. The van der Waals surface area contributed by atoms with Crippen LogP contribution in [-0.2, 0) is 0 Å². The van der Waals surface area contributed by atoms with Gasteiger partial charge in [-0.1, -0.05) is 0 Å². The summed E-state index contributed by atoms with van der Waals surface area (Å²) in [4.78, 5) is 0. The molecule has 54 valence electrons. The van der Waals surface area contributed by atoms with Crippen LogP contribution in [-0.4, -0.2) is 46.7 Å². The molecule has 0 amide bonds. The van der Waals surface area contributed by atoms with E-state index in [9.17, 15) is 0 Å². The topological polar surface area (TPSA) is 72.7 Å². The monoisotopic (exact) mass is 133 g/mol. The third-order valence-electron chi connectivity index (χ3n) is 1.58. The van der Waals surface area contributed by atoms with Crippen molar-refractivity contribution in [1.82, 2.24) is 5.32 Å². The summed E-state index contributed by atoms with van der Waals surface area (Å²) < 4.78 is 0. The Bertz CT molecular complexity index is 98.2. The van der Waals surface area contributed by atoms with Crippen molar-refractivity contribution in [1.29, 1.82) is 0 Å². The molecular weight excluding hydrogens is 122 g/mol. The Balaban J connectivity index is 2.25. The van der Waals surface area contributed by atoms with Gasteiger partial charge in [-0.05, 0) is 0 Å². The predicted octanol–water partition coefficient (Wildman–Crippen LogP) is -2.33. The molecule has 0 aromatic carbocycles. The zero-order valence-corrected chi connectivity index (χ0v) is 4.99. The van der Waals surface area contributed by atoms with Crippen LogP contribution in [0.2, 0.25) is 0 Å². The number of hydrogen-bond donors (Lipinski definition) is 4. The van der Waals surface area contributed by atoms with E-state index in [4.69, 9.17) is 15.3 Å². The third-order valence-corrected chi connectivity index (χ3v) is 1.58. The van der Waals surface area contributed by atoms with Gasteiger partial charge in [-0.3, -0.25) is 0 Å². The Hall–Kier alpha value is -0.160. The fourth-order valence-electron chi connectivity index (χ4n) is 0.865. The predicted molar refractivity (Wildman–Crippen MR) is 30.9 cm³/mol. The standard InChI is InChI=1S/C5H11NO3/c7-2-4(9)5-3(8)1-6-5/h3-9H,1-2H2/t3-,4-,5+/m1/s1. The fourth-order valence-corrected chi connectivity index (χ4v) is 0.865. The van der Waals surface area contributed by atoms with E-state index in [0.29, 0.717) is 6.54 Å². The van der Waals surface area contributed by atoms with Crippen LogP contribution in [0.3, 0.4) is 0 Å². The van der Waals surface area contributed by atoms with E-state index in [1.165, 1.54) is 0 Å². The van der Waals surface area contributed by atoms with Crippen LogP contribution >= 0.6 is 0 Å². The number of hydrogen-bond acceptors (Lipinski definition) is 4. The molecule has 1 saturated heterocycles. The molecule has 1 fully saturated rings. The average molecular weight is 133 g/mol. The Labute approximate surface area is 53.1 Å². The zero-order chi connectivity index (χ0) is 6.85. The zero-order valence-electron chi connectivity index (χ0n) is 4.99. The van der Waals surface area contributed by atoms with Crippen LogP contribution in [0.15, 0.2) is 0 Å². The quantitative estimate of drug-likeness (QED) is 0.341. The van der Waals surface area contributed by atoms with Crippen LogP contribution in [0.1, 0.15) is 0 Å². The summed E-state index contributed by atoms with van der Waals surface area (Å²) in [7, 11) is 0. The van der Waals surface area contributed by atoms with Crippen molar-refractivity contribution in [3.8, 4) is 0 Å². The van der Waals surface area contributed by atoms with Gasteiger partial charge in [0.2, 0.25) is 0 Å². The second-order valence-electron chi connectivity index (χ2n) is 2.25. The van der Waals surface area contributed by atoms with Gasteiger partial charge in [0.1, 0.15) is 0 Å². The summed E-state index contributed by atoms with van der Waals surface area (Å²) >= 11 is 0. The second kappa shape index (κ2) is 2.62. The van der Waals surface area contributed by atoms with Crippen LogP contribution in [0, 0.1) is 0 Å². The van der Waals surface area contributed by atoms with Gasteiger partial charge in [0.05, 0.1) is 24.9 Å². The molecule has 0 unspecified atom stereocenters. The molecule has 4 nitrogen and oxygen atoms in total. The van der Waals surface area contributed by atoms with E-state index in [1.54, 1.807) is 0 Å². The summed E-state index contributed by atoms with van der Waals surface area (Å²) in [5.74, 6) is 0. The minimum atomic E-state index is -0.825. The lowest BCUT2D eigenvalue weighted by Crippen LogP contribution is -2.63. The number of β-amino-alcohol motifs (C(OH)–C–C–N with tert-alkyl or cyclic N) is 1. The lowest BCUT2D eigenvalue weighted by atomic mass is 9.98. The highest BCUT2D eigenvalue weighted by atomic mass is 16.3. The summed E-state index contributed by atoms with van der Waals surface area (Å²) in [6.45, 7) is 0.219. The molecule has 4 N–H and O–H groups in total. The first-order valence-corrected chi connectivity index (χ1v) is 2.96. The lowest BCUT2D eigenvalue weighted by molar-refractivity contribution is -0.0345. The molecule has 1 aliphatic rings. The Morgan fingerprint density at radius 3 is 2.44 bits per heavy atom. The summed E-state index contributed by atoms with van der Waals surface area (Å²) in [5, 5.41) is 28.9. The number of aliphatic hydroxyl groups excluding tert-OH is 3. The fraction of sp³-hybridized carbons (Fsp3) is 1.00. The van der Waals surface area contributed by atoms with E-state index in [1.807, 2.05) is 0 Å². The minimum Gasteiger partial charge on any atom is -0.394 e. The Kier molecular flexibility index (Phi) is 2.02. The van der Waals surface area contributed by atoms with E-state index in [2.05, 4.69) is 5.32 Å². The van der Waals surface area contributed by atoms with Crippen LogP contribution in [0.5, 0.6) is 0 Å². The molecule has 1 heterocycles. The third kappa shape index (κ3) is 1.21. The Morgan fingerprint density at radius 1 is 1.67 bits per heavy atom. The highest BCUT2D eigenvalue weighted by Gasteiger charge is 2.33. The largest absolute Gasteiger partial charge is 0.394 e. The first kappa shape index (κ1) is 6.95. The van der Waals surface area contributed by atoms with Gasteiger partial charge in [-0.15, -0.1) is 0 Å². The van der Waals surface area contributed by atoms with Crippen molar-refractivity contribution >= 4 is 0 Å². The maximum Gasteiger partial charge on any atom is 0.0949 e. The highest BCUT2D eigenvalue weighted by Crippen LogP contribution is 2.07. The van der Waals surface area contributed by atoms with Crippen molar-refractivity contribution in [2.75, 3.05) is 13.2 Å². The summed E-state index contributed by atoms with van der Waals surface area (Å²) in [6, 6.07) is -0.324. The molecular formula is C5H11NO3. The lowest BCUT2D eigenvalue weighted by Gasteiger charge is -2.36. The number of rotatable bonds is 2. The molecule has 1 aliphatic heterocycles. The molecule has 9 heavy (non-hydrogen) atoms. The Morgan fingerprint density at radius 2 is 2.33 bits per heavy atom. The van der Waals surface area contributed by atoms with Crippen LogP contribution in [0.25, 0.3) is 0 Å². The van der Waals surface area contributed by atoms with Gasteiger partial charge in [-0.2, -0.15) is 0 Å². The molecule has 4 heteroatoms. The van der Waals surface area contributed by atoms with Crippen LogP contribution < -0.4 is 5.32 Å². The normalized spacial score (nSPS) is 37.7. The van der Waals surface area contributed by atoms with Crippen LogP contribution in [0.4, 0.5) is 0 Å². The molecule has 0 aromatic rings. The number of nitrogens with one attached hydrogen (secondary N) is 1. The van der Waals surface area contributed by atoms with Crippen molar-refractivity contribution in [2.45, 2.75) is 18.2 Å². The second-order valence-corrected chi connectivity index (χ2v) is 2.25. The van der Waals surface area contributed by atoms with Gasteiger partial charge in [0.15, 0.2) is 0 Å². The maximum atomic E-state index is 8.88. The first-order valence-electron chi connectivity index (χ1n) is 2.96. The van der Waals surface area contributed by atoms with E-state index in [-0.39, 0.29) is 12.6 Å². The van der Waals surface area contributed by atoms with Gasteiger partial charge in [0, 0.05) is 6.54 Å². The molecule has 0 aliphatic carbocycles. The summed E-state index contributed by atoms with van der Waals surface area (Å²) in [5.41, 5.74) is 0. The molecule has 3 atom stereocenters. The van der Waals surface area contributed by atoms with E-state index >= 15 is 0 Å².